The van der Waals surface area contributed by atoms with Crippen LogP contribution in [-0.2, 0) is 4.74 Å². The van der Waals surface area contributed by atoms with Crippen LogP contribution in [-0.4, -0.2) is 21.9 Å². The Kier molecular flexibility index (Phi) is 6.05. The van der Waals surface area contributed by atoms with Crippen LogP contribution < -0.4 is 10.1 Å². The maximum atomic E-state index is 14.4. The Morgan fingerprint density at radius 2 is 1.83 bits per heavy atom. The van der Waals surface area contributed by atoms with Crippen molar-refractivity contribution in [1.29, 1.82) is 0 Å². The number of benzene rings is 2. The zero-order valence-corrected chi connectivity index (χ0v) is 17.5. The minimum atomic E-state index is -0.733. The highest BCUT2D eigenvalue weighted by atomic mass is 19.1. The average molecular weight is 413 g/mol. The van der Waals surface area contributed by atoms with Crippen LogP contribution in [0.25, 0.3) is 11.5 Å². The normalized spacial score (nSPS) is 11.4. The summed E-state index contributed by atoms with van der Waals surface area (Å²) in [5, 5.41) is 10.5. The summed E-state index contributed by atoms with van der Waals surface area (Å²) in [6, 6.07) is 11.2. The molecule has 30 heavy (non-hydrogen) atoms. The van der Waals surface area contributed by atoms with Crippen LogP contribution in [0.15, 0.2) is 46.9 Å². The van der Waals surface area contributed by atoms with Crippen molar-refractivity contribution in [3.63, 3.8) is 0 Å². The number of aromatic nitrogens is 2. The predicted molar refractivity (Wildman–Crippen MR) is 110 cm³/mol. The highest BCUT2D eigenvalue weighted by molar-refractivity contribution is 5.85. The Balaban J connectivity index is 1.72. The molecule has 7 nitrogen and oxygen atoms in total. The number of carbonyl (C=O) groups excluding carboxylic acids is 1. The van der Waals surface area contributed by atoms with Crippen molar-refractivity contribution in [3.8, 4) is 23.0 Å². The summed E-state index contributed by atoms with van der Waals surface area (Å²) < 4.78 is 30.9. The third kappa shape index (κ3) is 5.56. The van der Waals surface area contributed by atoms with Crippen molar-refractivity contribution in [2.24, 2.45) is 0 Å². The Morgan fingerprint density at radius 3 is 2.47 bits per heavy atom. The van der Waals surface area contributed by atoms with E-state index in [0.29, 0.717) is 23.1 Å². The fourth-order valence-electron chi connectivity index (χ4n) is 2.49. The van der Waals surface area contributed by atoms with Gasteiger partial charge in [0, 0.05) is 17.5 Å². The first-order valence-electron chi connectivity index (χ1n) is 9.52. The Hall–Kier alpha value is -3.42. The maximum absolute atomic E-state index is 14.4. The third-order valence-electron chi connectivity index (χ3n) is 3.83. The van der Waals surface area contributed by atoms with E-state index < -0.39 is 17.5 Å². The number of hydrogen-bond donors (Lipinski definition) is 1. The van der Waals surface area contributed by atoms with Crippen molar-refractivity contribution in [1.82, 2.24) is 10.2 Å². The molecule has 1 aromatic heterocycles. The Labute approximate surface area is 174 Å². The molecule has 2 aromatic carbocycles. The first-order valence-corrected chi connectivity index (χ1v) is 9.52. The van der Waals surface area contributed by atoms with E-state index in [1.54, 1.807) is 45.0 Å². The monoisotopic (exact) mass is 413 g/mol. The van der Waals surface area contributed by atoms with Gasteiger partial charge in [-0.25, -0.2) is 9.18 Å². The molecule has 158 valence electrons. The number of hydrogen-bond acceptors (Lipinski definition) is 6. The summed E-state index contributed by atoms with van der Waals surface area (Å²) in [4.78, 5) is 11.8. The van der Waals surface area contributed by atoms with Gasteiger partial charge in [0.05, 0.1) is 5.69 Å². The summed E-state index contributed by atoms with van der Waals surface area (Å²) >= 11 is 0. The molecule has 0 unspecified atom stereocenters. The van der Waals surface area contributed by atoms with Crippen LogP contribution in [0.5, 0.6) is 11.5 Å². The number of amides is 1. The van der Waals surface area contributed by atoms with Crippen LogP contribution in [0.3, 0.4) is 0 Å². The van der Waals surface area contributed by atoms with Gasteiger partial charge in [-0.3, -0.25) is 5.32 Å². The lowest BCUT2D eigenvalue weighted by atomic mass is 10.2. The highest BCUT2D eigenvalue weighted by Gasteiger charge is 2.18. The number of carbonyl (C=O) groups is 1. The fourth-order valence-corrected chi connectivity index (χ4v) is 2.49. The van der Waals surface area contributed by atoms with Crippen LogP contribution in [0.4, 0.5) is 14.9 Å². The molecule has 3 aromatic rings. The molecule has 0 fully saturated rings. The molecular weight excluding hydrogens is 389 g/mol. The number of ether oxygens (including phenoxy) is 2. The molecule has 0 spiro atoms. The first kappa shape index (κ1) is 21.3. The van der Waals surface area contributed by atoms with E-state index >= 15 is 0 Å². The Bertz CT molecular complexity index is 1040. The van der Waals surface area contributed by atoms with Gasteiger partial charge >= 0.3 is 6.09 Å². The van der Waals surface area contributed by atoms with Gasteiger partial charge in [0.25, 0.3) is 0 Å². The van der Waals surface area contributed by atoms with Crippen LogP contribution in [0, 0.1) is 5.82 Å². The summed E-state index contributed by atoms with van der Waals surface area (Å²) in [5.41, 5.74) is 0.0103. The van der Waals surface area contributed by atoms with E-state index in [0.717, 1.165) is 0 Å². The summed E-state index contributed by atoms with van der Waals surface area (Å²) in [6.07, 6.45) is -0.733. The molecule has 1 heterocycles. The largest absolute Gasteiger partial charge is 0.457 e. The smallest absolute Gasteiger partial charge is 0.412 e. The van der Waals surface area contributed by atoms with Gasteiger partial charge < -0.3 is 13.9 Å². The van der Waals surface area contributed by atoms with E-state index in [1.807, 2.05) is 19.9 Å². The maximum Gasteiger partial charge on any atom is 0.412 e. The van der Waals surface area contributed by atoms with E-state index in [-0.39, 0.29) is 17.4 Å². The zero-order chi connectivity index (χ0) is 21.9. The second kappa shape index (κ2) is 8.52. The van der Waals surface area contributed by atoms with Gasteiger partial charge in [-0.2, -0.15) is 0 Å². The number of rotatable bonds is 5. The van der Waals surface area contributed by atoms with E-state index in [9.17, 15) is 9.18 Å². The Morgan fingerprint density at radius 1 is 1.10 bits per heavy atom. The van der Waals surface area contributed by atoms with Crippen molar-refractivity contribution in [3.05, 3.63) is 54.2 Å². The number of halogens is 1. The average Bonchev–Trinajstić information content (AvgIpc) is 3.13. The molecule has 8 heteroatoms. The summed E-state index contributed by atoms with van der Waals surface area (Å²) in [5.74, 6) is 1.16. The summed E-state index contributed by atoms with van der Waals surface area (Å²) in [7, 11) is 0. The number of nitrogens with one attached hydrogen (secondary N) is 1. The molecule has 0 aliphatic heterocycles. The fraction of sp³-hybridized carbons (Fsp3) is 0.318. The van der Waals surface area contributed by atoms with Gasteiger partial charge in [0.2, 0.25) is 11.8 Å². The highest BCUT2D eigenvalue weighted by Crippen LogP contribution is 2.29. The quantitative estimate of drug-likeness (QED) is 0.541. The van der Waals surface area contributed by atoms with Gasteiger partial charge in [-0.05, 0) is 51.1 Å². The third-order valence-corrected chi connectivity index (χ3v) is 3.83. The lowest BCUT2D eigenvalue weighted by molar-refractivity contribution is 0.0635. The zero-order valence-electron chi connectivity index (χ0n) is 17.5. The molecule has 1 amide bonds. The second-order valence-corrected chi connectivity index (χ2v) is 8.00. The number of anilines is 1. The molecule has 0 atom stereocenters. The van der Waals surface area contributed by atoms with E-state index in [1.165, 1.54) is 12.1 Å². The molecule has 1 N–H and O–H groups in total. The molecular formula is C22H24FN3O4. The van der Waals surface area contributed by atoms with Gasteiger partial charge in [-0.1, -0.05) is 19.9 Å². The van der Waals surface area contributed by atoms with Gasteiger partial charge in [0.15, 0.2) is 5.82 Å². The summed E-state index contributed by atoms with van der Waals surface area (Å²) in [6.45, 7) is 9.11. The van der Waals surface area contributed by atoms with E-state index in [2.05, 4.69) is 15.5 Å². The molecule has 0 saturated heterocycles. The van der Waals surface area contributed by atoms with E-state index in [4.69, 9.17) is 13.9 Å². The van der Waals surface area contributed by atoms with Gasteiger partial charge in [0.1, 0.15) is 17.1 Å². The molecule has 0 radical (unpaired) electrons. The topological polar surface area (TPSA) is 86.5 Å². The molecule has 3 rings (SSSR count). The minimum absolute atomic E-state index is 0.00238. The molecule has 0 aliphatic carbocycles. The molecule has 0 aliphatic rings. The first-order chi connectivity index (χ1) is 14.1. The second-order valence-electron chi connectivity index (χ2n) is 8.00. The van der Waals surface area contributed by atoms with Crippen molar-refractivity contribution in [2.75, 3.05) is 5.32 Å². The van der Waals surface area contributed by atoms with Crippen molar-refractivity contribution < 1.29 is 23.1 Å². The van der Waals surface area contributed by atoms with Crippen LogP contribution in [0.1, 0.15) is 46.4 Å². The lowest BCUT2D eigenvalue weighted by Crippen LogP contribution is -2.27. The predicted octanol–water partition coefficient (Wildman–Crippen LogP) is 6.14. The molecule has 0 saturated carbocycles. The molecule has 0 bridgehead atoms. The standard InChI is InChI=1S/C22H24FN3O4/c1-13(2)19-25-26-20(29-19)14-7-6-8-15(11-14)28-16-9-10-18(17(23)12-16)24-21(27)30-22(3,4)5/h6-13H,1-5H3,(H,24,27). The number of nitrogens with zero attached hydrogens (tertiary/aromatic N) is 2. The lowest BCUT2D eigenvalue weighted by Gasteiger charge is -2.19. The van der Waals surface area contributed by atoms with Gasteiger partial charge in [-0.15, -0.1) is 10.2 Å². The SMILES string of the molecule is CC(C)c1nnc(-c2cccc(Oc3ccc(NC(=O)OC(C)(C)C)c(F)c3)c2)o1. The van der Waals surface area contributed by atoms with Crippen molar-refractivity contribution in [2.45, 2.75) is 46.1 Å². The van der Waals surface area contributed by atoms with Crippen LogP contribution in [0.2, 0.25) is 0 Å². The van der Waals surface area contributed by atoms with Crippen LogP contribution >= 0.6 is 0 Å². The van der Waals surface area contributed by atoms with Crippen molar-refractivity contribution >= 4 is 11.8 Å². The minimum Gasteiger partial charge on any atom is -0.457 e.